The van der Waals surface area contributed by atoms with Crippen LogP contribution in [0.5, 0.6) is 0 Å². The van der Waals surface area contributed by atoms with Crippen LogP contribution >= 0.6 is 25.3 Å². The Hall–Kier alpha value is -1.27. The van der Waals surface area contributed by atoms with Gasteiger partial charge in [0.2, 0.25) is 0 Å². The van der Waals surface area contributed by atoms with Gasteiger partial charge in [0.05, 0.1) is 11.0 Å². The molecule has 1 N–H and O–H groups in total. The minimum absolute atomic E-state index is 0.0434. The number of H-pyrrole nitrogens is 1. The van der Waals surface area contributed by atoms with Crippen molar-refractivity contribution in [2.45, 2.75) is 18.8 Å². The molecule has 1 unspecified atom stereocenters. The molecule has 0 amide bonds. The first kappa shape index (κ1) is 13.2. The largest absolute Gasteiger partial charge is 0.341 e. The van der Waals surface area contributed by atoms with E-state index in [-0.39, 0.29) is 11.5 Å². The smallest absolute Gasteiger partial charge is 0.199 e. The van der Waals surface area contributed by atoms with Crippen LogP contribution in [0.2, 0.25) is 0 Å². The Balaban J connectivity index is 2.54. The summed E-state index contributed by atoms with van der Waals surface area (Å²) in [4.78, 5) is 30.3. The zero-order valence-electron chi connectivity index (χ0n) is 9.67. The normalized spacial score (nSPS) is 14.4. The average molecular weight is 280 g/mol. The van der Waals surface area contributed by atoms with Gasteiger partial charge in [-0.15, -0.1) is 25.3 Å². The van der Waals surface area contributed by atoms with Gasteiger partial charge >= 0.3 is 0 Å². The van der Waals surface area contributed by atoms with Gasteiger partial charge in [-0.2, -0.15) is 0 Å². The van der Waals surface area contributed by atoms with Gasteiger partial charge in [-0.1, -0.05) is 12.1 Å². The number of para-hydroxylation sites is 2. The number of benzene rings is 1. The Labute approximate surface area is 115 Å². The number of aromatic nitrogens is 2. The second kappa shape index (κ2) is 4.78. The van der Waals surface area contributed by atoms with Crippen LogP contribution in [0.15, 0.2) is 24.3 Å². The van der Waals surface area contributed by atoms with Crippen molar-refractivity contribution in [3.8, 4) is 0 Å². The van der Waals surface area contributed by atoms with E-state index in [9.17, 15) is 9.59 Å². The van der Waals surface area contributed by atoms with E-state index in [2.05, 4.69) is 35.2 Å². The van der Waals surface area contributed by atoms with Gasteiger partial charge in [0.15, 0.2) is 10.2 Å². The average Bonchev–Trinajstić information content (AvgIpc) is 2.71. The Morgan fingerprint density at radius 3 is 2.56 bits per heavy atom. The molecule has 0 spiro atoms. The van der Waals surface area contributed by atoms with E-state index in [1.807, 2.05) is 24.3 Å². The molecule has 18 heavy (non-hydrogen) atoms. The van der Waals surface area contributed by atoms with Crippen LogP contribution in [0.4, 0.5) is 0 Å². The maximum absolute atomic E-state index is 11.7. The minimum Gasteiger partial charge on any atom is -0.341 e. The van der Waals surface area contributed by atoms with Crippen molar-refractivity contribution < 1.29 is 9.59 Å². The number of thiol groups is 2. The fraction of sp³-hybridized carbons (Fsp3) is 0.250. The van der Waals surface area contributed by atoms with Crippen molar-refractivity contribution in [1.82, 2.24) is 9.97 Å². The predicted molar refractivity (Wildman–Crippen MR) is 76.0 cm³/mol. The highest BCUT2D eigenvalue weighted by atomic mass is 32.1. The second-order valence-corrected chi connectivity index (χ2v) is 5.22. The lowest BCUT2D eigenvalue weighted by Gasteiger charge is -2.21. The first-order valence-electron chi connectivity index (χ1n) is 5.34. The molecule has 2 aromatic rings. The van der Waals surface area contributed by atoms with Crippen LogP contribution in [-0.4, -0.2) is 20.2 Å². The van der Waals surface area contributed by atoms with E-state index in [0.717, 1.165) is 11.0 Å². The Morgan fingerprint density at radius 1 is 1.33 bits per heavy atom. The molecule has 94 valence electrons. The van der Waals surface area contributed by atoms with Crippen molar-refractivity contribution in [3.63, 3.8) is 0 Å². The van der Waals surface area contributed by atoms with Crippen molar-refractivity contribution in [1.29, 1.82) is 0 Å². The Morgan fingerprint density at radius 2 is 2.00 bits per heavy atom. The topological polar surface area (TPSA) is 62.8 Å². The molecule has 0 bridgehead atoms. The molecule has 0 fully saturated rings. The number of carbonyl (C=O) groups is 2. The summed E-state index contributed by atoms with van der Waals surface area (Å²) >= 11 is 7.59. The second-order valence-electron chi connectivity index (χ2n) is 4.31. The molecule has 0 aliphatic carbocycles. The van der Waals surface area contributed by atoms with Crippen LogP contribution in [0.1, 0.15) is 19.2 Å². The van der Waals surface area contributed by atoms with E-state index in [4.69, 9.17) is 0 Å². The van der Waals surface area contributed by atoms with Crippen LogP contribution in [0, 0.1) is 0 Å². The van der Waals surface area contributed by atoms with Crippen LogP contribution in [0.25, 0.3) is 11.0 Å². The van der Waals surface area contributed by atoms with Crippen molar-refractivity contribution in [2.75, 3.05) is 0 Å². The number of imidazole rings is 1. The van der Waals surface area contributed by atoms with Gasteiger partial charge in [-0.25, -0.2) is 4.98 Å². The number of nitrogens with zero attached hydrogens (tertiary/aromatic N) is 1. The lowest BCUT2D eigenvalue weighted by Crippen LogP contribution is -2.32. The van der Waals surface area contributed by atoms with E-state index in [1.165, 1.54) is 0 Å². The summed E-state index contributed by atoms with van der Waals surface area (Å²) in [7, 11) is 0. The monoisotopic (exact) mass is 280 g/mol. The lowest BCUT2D eigenvalue weighted by molar-refractivity contribution is -0.120. The molecule has 0 saturated carbocycles. The summed E-state index contributed by atoms with van der Waals surface area (Å²) in [5, 5.41) is -0.788. The highest BCUT2D eigenvalue weighted by Crippen LogP contribution is 2.30. The first-order valence-corrected chi connectivity index (χ1v) is 6.23. The number of nitrogens with one attached hydrogen (secondary N) is 1. The Kier molecular flexibility index (Phi) is 3.49. The van der Waals surface area contributed by atoms with Crippen molar-refractivity contribution in [2.24, 2.45) is 0 Å². The molecule has 1 heterocycles. The number of aromatic amines is 1. The summed E-state index contributed by atoms with van der Waals surface area (Å²) in [6, 6.07) is 7.42. The molecular formula is C12H12N2O2S2. The van der Waals surface area contributed by atoms with Crippen LogP contribution in [-0.2, 0) is 15.0 Å². The molecule has 4 nitrogen and oxygen atoms in total. The first-order chi connectivity index (χ1) is 8.43. The molecule has 1 aromatic carbocycles. The fourth-order valence-corrected chi connectivity index (χ4v) is 2.28. The quantitative estimate of drug-likeness (QED) is 0.752. The summed E-state index contributed by atoms with van der Waals surface area (Å²) in [6.45, 7) is 1.63. The molecule has 0 aliphatic heterocycles. The molecule has 1 atom stereocenters. The van der Waals surface area contributed by atoms with Gasteiger partial charge in [-0.3, -0.25) is 9.59 Å². The molecule has 0 radical (unpaired) electrons. The van der Waals surface area contributed by atoms with E-state index in [0.29, 0.717) is 5.82 Å². The van der Waals surface area contributed by atoms with Gasteiger partial charge in [0.1, 0.15) is 11.2 Å². The Bertz CT molecular complexity index is 590. The van der Waals surface area contributed by atoms with Crippen LogP contribution in [0.3, 0.4) is 0 Å². The minimum atomic E-state index is -1.08. The molecule has 1 aromatic heterocycles. The van der Waals surface area contributed by atoms with E-state index < -0.39 is 10.5 Å². The lowest BCUT2D eigenvalue weighted by atomic mass is 9.88. The molecule has 0 aliphatic rings. The third kappa shape index (κ3) is 2.30. The van der Waals surface area contributed by atoms with Gasteiger partial charge in [0, 0.05) is 6.42 Å². The predicted octanol–water partition coefficient (Wildman–Crippen LogP) is 2.12. The highest BCUT2D eigenvalue weighted by Gasteiger charge is 2.37. The SMILES string of the molecule is CC(CC(=O)S)(C(=O)S)c1nc2ccccc2[nH]1. The molecular weight excluding hydrogens is 268 g/mol. The molecule has 6 heteroatoms. The maximum Gasteiger partial charge on any atom is 0.199 e. The zero-order valence-corrected chi connectivity index (χ0v) is 11.5. The van der Waals surface area contributed by atoms with Gasteiger partial charge < -0.3 is 4.98 Å². The molecule has 2 rings (SSSR count). The third-order valence-electron chi connectivity index (χ3n) is 2.89. The summed E-state index contributed by atoms with van der Waals surface area (Å²) in [5.74, 6) is 0.436. The third-order valence-corrected chi connectivity index (χ3v) is 3.54. The number of rotatable bonds is 4. The number of fused-ring (bicyclic) bond motifs is 1. The summed E-state index contributed by atoms with van der Waals surface area (Å²) in [5.41, 5.74) is 0.487. The van der Waals surface area contributed by atoms with E-state index >= 15 is 0 Å². The summed E-state index contributed by atoms with van der Waals surface area (Å²) < 4.78 is 0. The van der Waals surface area contributed by atoms with E-state index in [1.54, 1.807) is 6.92 Å². The standard InChI is InChI=1S/C12H12N2O2S2/c1-12(11(16)18,6-9(15)17)10-13-7-4-2-3-5-8(7)14-10/h2-5H,6H2,1H3,(H,13,14)(H,15,17)(H,16,18). The number of carbonyl (C=O) groups excluding carboxylic acids is 2. The fourth-order valence-electron chi connectivity index (χ4n) is 1.78. The highest BCUT2D eigenvalue weighted by molar-refractivity contribution is 7.97. The van der Waals surface area contributed by atoms with Crippen molar-refractivity contribution in [3.05, 3.63) is 30.1 Å². The van der Waals surface area contributed by atoms with Gasteiger partial charge in [-0.05, 0) is 19.1 Å². The maximum atomic E-state index is 11.7. The zero-order chi connectivity index (χ0) is 13.3. The van der Waals surface area contributed by atoms with Crippen molar-refractivity contribution >= 4 is 46.5 Å². The van der Waals surface area contributed by atoms with Gasteiger partial charge in [0.25, 0.3) is 0 Å². The number of hydrogen-bond donors (Lipinski definition) is 3. The number of hydrogen-bond acceptors (Lipinski definition) is 3. The summed E-state index contributed by atoms with van der Waals surface area (Å²) in [6.07, 6.45) is -0.0434. The molecule has 0 saturated heterocycles. The van der Waals surface area contributed by atoms with Crippen LogP contribution < -0.4 is 0 Å².